The standard InChI is InChI=1S/C13H28N2O2/c1-3-4-8-17-9-7-15-6-5-13(16-2)10-12(15)11-14/h12-13H,3-11,14H2,1-2H3. The molecular weight excluding hydrogens is 216 g/mol. The number of nitrogens with two attached hydrogens (primary N) is 1. The van der Waals surface area contributed by atoms with Gasteiger partial charge < -0.3 is 15.2 Å². The van der Waals surface area contributed by atoms with Gasteiger partial charge in [-0.15, -0.1) is 0 Å². The molecule has 0 amide bonds. The average Bonchev–Trinajstić information content (AvgIpc) is 2.38. The van der Waals surface area contributed by atoms with Crippen molar-refractivity contribution in [2.24, 2.45) is 5.73 Å². The first-order valence-corrected chi connectivity index (χ1v) is 6.86. The monoisotopic (exact) mass is 244 g/mol. The molecule has 4 nitrogen and oxygen atoms in total. The molecule has 0 aliphatic carbocycles. The molecule has 0 aromatic heterocycles. The van der Waals surface area contributed by atoms with Crippen molar-refractivity contribution in [1.82, 2.24) is 4.90 Å². The Morgan fingerprint density at radius 3 is 2.82 bits per heavy atom. The lowest BCUT2D eigenvalue weighted by atomic mass is 9.99. The molecule has 0 saturated carbocycles. The first kappa shape index (κ1) is 14.9. The summed E-state index contributed by atoms with van der Waals surface area (Å²) in [6.45, 7) is 6.70. The number of piperidine rings is 1. The molecule has 1 aliphatic heterocycles. The normalized spacial score (nSPS) is 26.3. The predicted octanol–water partition coefficient (Wildman–Crippen LogP) is 1.24. The van der Waals surface area contributed by atoms with Crippen LogP contribution in [0.1, 0.15) is 32.6 Å². The molecule has 1 heterocycles. The molecule has 2 unspecified atom stereocenters. The molecule has 1 saturated heterocycles. The molecule has 4 heteroatoms. The average molecular weight is 244 g/mol. The minimum atomic E-state index is 0.390. The highest BCUT2D eigenvalue weighted by Gasteiger charge is 2.26. The molecule has 0 spiro atoms. The number of unbranched alkanes of at least 4 members (excludes halogenated alkanes) is 1. The van der Waals surface area contributed by atoms with Gasteiger partial charge in [0.2, 0.25) is 0 Å². The third kappa shape index (κ3) is 5.34. The summed E-state index contributed by atoms with van der Waals surface area (Å²) < 4.78 is 11.0. The Morgan fingerprint density at radius 2 is 2.18 bits per heavy atom. The summed E-state index contributed by atoms with van der Waals surface area (Å²) in [4.78, 5) is 2.45. The fourth-order valence-corrected chi connectivity index (χ4v) is 2.35. The van der Waals surface area contributed by atoms with Crippen LogP contribution in [0.2, 0.25) is 0 Å². The molecule has 1 rings (SSSR count). The number of hydrogen-bond acceptors (Lipinski definition) is 4. The van der Waals surface area contributed by atoms with E-state index in [4.69, 9.17) is 15.2 Å². The smallest absolute Gasteiger partial charge is 0.0599 e. The second-order valence-electron chi connectivity index (χ2n) is 4.77. The summed E-state index contributed by atoms with van der Waals surface area (Å²) in [7, 11) is 1.79. The minimum Gasteiger partial charge on any atom is -0.381 e. The second-order valence-corrected chi connectivity index (χ2v) is 4.77. The molecular formula is C13H28N2O2. The van der Waals surface area contributed by atoms with E-state index in [9.17, 15) is 0 Å². The lowest BCUT2D eigenvalue weighted by Gasteiger charge is -2.38. The zero-order valence-corrected chi connectivity index (χ0v) is 11.4. The van der Waals surface area contributed by atoms with Crippen LogP contribution < -0.4 is 5.73 Å². The summed E-state index contributed by atoms with van der Waals surface area (Å²) in [5.41, 5.74) is 5.82. The number of nitrogens with zero attached hydrogens (tertiary/aromatic N) is 1. The van der Waals surface area contributed by atoms with Crippen molar-refractivity contribution in [3.8, 4) is 0 Å². The molecule has 2 N–H and O–H groups in total. The van der Waals surface area contributed by atoms with Gasteiger partial charge in [0, 0.05) is 39.4 Å². The topological polar surface area (TPSA) is 47.7 Å². The zero-order chi connectivity index (χ0) is 12.5. The lowest BCUT2D eigenvalue weighted by Crippen LogP contribution is -2.49. The first-order chi connectivity index (χ1) is 8.31. The summed E-state index contributed by atoms with van der Waals surface area (Å²) in [6.07, 6.45) is 4.92. The van der Waals surface area contributed by atoms with Gasteiger partial charge in [-0.05, 0) is 19.3 Å². The second kappa shape index (κ2) is 8.86. The maximum atomic E-state index is 5.82. The third-order valence-electron chi connectivity index (χ3n) is 3.56. The van der Waals surface area contributed by atoms with E-state index < -0.39 is 0 Å². The van der Waals surface area contributed by atoms with E-state index in [1.54, 1.807) is 7.11 Å². The van der Waals surface area contributed by atoms with Crippen molar-refractivity contribution >= 4 is 0 Å². The predicted molar refractivity (Wildman–Crippen MR) is 70.2 cm³/mol. The molecule has 17 heavy (non-hydrogen) atoms. The van der Waals surface area contributed by atoms with Crippen LogP contribution in [-0.4, -0.2) is 57.0 Å². The van der Waals surface area contributed by atoms with E-state index >= 15 is 0 Å². The summed E-state index contributed by atoms with van der Waals surface area (Å²) in [6, 6.07) is 0.462. The molecule has 0 bridgehead atoms. The summed E-state index contributed by atoms with van der Waals surface area (Å²) in [5, 5.41) is 0. The third-order valence-corrected chi connectivity index (χ3v) is 3.56. The largest absolute Gasteiger partial charge is 0.381 e. The van der Waals surface area contributed by atoms with Crippen LogP contribution in [0.5, 0.6) is 0 Å². The minimum absolute atomic E-state index is 0.390. The first-order valence-electron chi connectivity index (χ1n) is 6.86. The Kier molecular flexibility index (Phi) is 7.77. The maximum Gasteiger partial charge on any atom is 0.0599 e. The van der Waals surface area contributed by atoms with Gasteiger partial charge >= 0.3 is 0 Å². The Bertz CT molecular complexity index is 190. The van der Waals surface area contributed by atoms with Crippen LogP contribution in [0.15, 0.2) is 0 Å². The molecule has 0 radical (unpaired) electrons. The van der Waals surface area contributed by atoms with Crippen LogP contribution in [0.25, 0.3) is 0 Å². The number of ether oxygens (including phenoxy) is 2. The number of rotatable bonds is 8. The van der Waals surface area contributed by atoms with Gasteiger partial charge in [-0.2, -0.15) is 0 Å². The highest BCUT2D eigenvalue weighted by Crippen LogP contribution is 2.18. The van der Waals surface area contributed by atoms with E-state index in [-0.39, 0.29) is 0 Å². The Labute approximate surface area is 105 Å². The lowest BCUT2D eigenvalue weighted by molar-refractivity contribution is 0.00100. The Balaban J connectivity index is 2.18. The number of methoxy groups -OCH3 is 1. The van der Waals surface area contributed by atoms with Crippen LogP contribution in [0.3, 0.4) is 0 Å². The molecule has 1 fully saturated rings. The van der Waals surface area contributed by atoms with E-state index in [0.29, 0.717) is 12.1 Å². The van der Waals surface area contributed by atoms with Crippen LogP contribution in [0.4, 0.5) is 0 Å². The molecule has 1 aliphatic rings. The highest BCUT2D eigenvalue weighted by atomic mass is 16.5. The number of likely N-dealkylation sites (tertiary alicyclic amines) is 1. The summed E-state index contributed by atoms with van der Waals surface area (Å²) >= 11 is 0. The van der Waals surface area contributed by atoms with Gasteiger partial charge in [-0.25, -0.2) is 0 Å². The Hall–Kier alpha value is -0.160. The maximum absolute atomic E-state index is 5.82. The molecule has 2 atom stereocenters. The zero-order valence-electron chi connectivity index (χ0n) is 11.4. The van der Waals surface area contributed by atoms with Gasteiger partial charge in [-0.3, -0.25) is 4.90 Å². The van der Waals surface area contributed by atoms with E-state index in [1.807, 2.05) is 0 Å². The van der Waals surface area contributed by atoms with Gasteiger partial charge in [0.05, 0.1) is 12.7 Å². The van der Waals surface area contributed by atoms with Gasteiger partial charge in [0.1, 0.15) is 0 Å². The van der Waals surface area contributed by atoms with Crippen molar-refractivity contribution in [2.75, 3.05) is 40.0 Å². The molecule has 102 valence electrons. The van der Waals surface area contributed by atoms with Crippen LogP contribution in [0, 0.1) is 0 Å². The fraction of sp³-hybridized carbons (Fsp3) is 1.00. The van der Waals surface area contributed by atoms with Crippen molar-refractivity contribution in [1.29, 1.82) is 0 Å². The van der Waals surface area contributed by atoms with Crippen molar-refractivity contribution < 1.29 is 9.47 Å². The number of hydrogen-bond donors (Lipinski definition) is 1. The molecule has 0 aromatic carbocycles. The molecule has 0 aromatic rings. The fourth-order valence-electron chi connectivity index (χ4n) is 2.35. The van der Waals surface area contributed by atoms with Crippen LogP contribution >= 0.6 is 0 Å². The van der Waals surface area contributed by atoms with E-state index in [2.05, 4.69) is 11.8 Å². The van der Waals surface area contributed by atoms with Crippen molar-refractivity contribution in [3.05, 3.63) is 0 Å². The summed E-state index contributed by atoms with van der Waals surface area (Å²) in [5.74, 6) is 0. The SMILES string of the molecule is CCCCOCCN1CCC(OC)CC1CN. The van der Waals surface area contributed by atoms with Crippen molar-refractivity contribution in [2.45, 2.75) is 44.8 Å². The quantitative estimate of drug-likeness (QED) is 0.653. The van der Waals surface area contributed by atoms with E-state index in [1.165, 1.54) is 6.42 Å². The van der Waals surface area contributed by atoms with Crippen LogP contribution in [-0.2, 0) is 9.47 Å². The Morgan fingerprint density at radius 1 is 1.35 bits per heavy atom. The highest BCUT2D eigenvalue weighted by molar-refractivity contribution is 4.82. The van der Waals surface area contributed by atoms with Gasteiger partial charge in [0.25, 0.3) is 0 Å². The van der Waals surface area contributed by atoms with E-state index in [0.717, 1.165) is 52.1 Å². The van der Waals surface area contributed by atoms with Gasteiger partial charge in [0.15, 0.2) is 0 Å². The van der Waals surface area contributed by atoms with Gasteiger partial charge in [-0.1, -0.05) is 13.3 Å². The van der Waals surface area contributed by atoms with Crippen molar-refractivity contribution in [3.63, 3.8) is 0 Å².